The van der Waals surface area contributed by atoms with E-state index in [4.69, 9.17) is 0 Å². The summed E-state index contributed by atoms with van der Waals surface area (Å²) >= 11 is 0. The molecule has 0 bridgehead atoms. The fourth-order valence-electron chi connectivity index (χ4n) is 5.03. The summed E-state index contributed by atoms with van der Waals surface area (Å²) in [7, 11) is 0. The number of aldehydes is 1. The van der Waals surface area contributed by atoms with Gasteiger partial charge in [-0.25, -0.2) is 0 Å². The molecule has 8 nitrogen and oxygen atoms in total. The highest BCUT2D eigenvalue weighted by Gasteiger charge is 2.31. The number of hydrogen-bond donors (Lipinski definition) is 4. The Bertz CT molecular complexity index is 978. The number of rotatable bonds is 9. The number of amides is 3. The van der Waals surface area contributed by atoms with Crippen molar-refractivity contribution in [2.24, 2.45) is 11.8 Å². The molecule has 1 aliphatic heterocycles. The number of aromatic nitrogens is 1. The highest BCUT2D eigenvalue weighted by Crippen LogP contribution is 2.28. The number of aromatic amines is 1. The van der Waals surface area contributed by atoms with Gasteiger partial charge in [-0.15, -0.1) is 0 Å². The molecule has 1 aliphatic carbocycles. The molecule has 33 heavy (non-hydrogen) atoms. The van der Waals surface area contributed by atoms with Gasteiger partial charge in [0.15, 0.2) is 0 Å². The summed E-state index contributed by atoms with van der Waals surface area (Å²) < 4.78 is 0. The second-order valence-electron chi connectivity index (χ2n) is 9.30. The van der Waals surface area contributed by atoms with Crippen molar-refractivity contribution in [1.29, 1.82) is 0 Å². The zero-order chi connectivity index (χ0) is 23.2. The zero-order valence-electron chi connectivity index (χ0n) is 18.8. The van der Waals surface area contributed by atoms with Gasteiger partial charge in [0.25, 0.3) is 5.91 Å². The first kappa shape index (κ1) is 23.0. The van der Waals surface area contributed by atoms with E-state index in [9.17, 15) is 19.2 Å². The predicted molar refractivity (Wildman–Crippen MR) is 124 cm³/mol. The highest BCUT2D eigenvalue weighted by atomic mass is 16.2. The molecule has 2 heterocycles. The molecule has 1 aromatic carbocycles. The van der Waals surface area contributed by atoms with Crippen LogP contribution in [0.2, 0.25) is 0 Å². The Labute approximate surface area is 193 Å². The van der Waals surface area contributed by atoms with E-state index in [0.29, 0.717) is 37.3 Å². The molecule has 4 N–H and O–H groups in total. The van der Waals surface area contributed by atoms with E-state index in [1.807, 2.05) is 24.3 Å². The average Bonchev–Trinajstić information content (AvgIpc) is 3.44. The Kier molecular flexibility index (Phi) is 7.42. The zero-order valence-corrected chi connectivity index (χ0v) is 18.8. The second kappa shape index (κ2) is 10.6. The molecule has 176 valence electrons. The van der Waals surface area contributed by atoms with E-state index in [1.165, 1.54) is 6.42 Å². The first-order valence-corrected chi connectivity index (χ1v) is 12.0. The minimum Gasteiger partial charge on any atom is -0.356 e. The summed E-state index contributed by atoms with van der Waals surface area (Å²) in [6.45, 7) is 0.591. The maximum absolute atomic E-state index is 13.2. The lowest BCUT2D eigenvalue weighted by molar-refractivity contribution is -0.127. The molecule has 4 rings (SSSR count). The lowest BCUT2D eigenvalue weighted by Gasteiger charge is -2.27. The molecule has 0 spiro atoms. The lowest BCUT2D eigenvalue weighted by atomic mass is 9.84. The van der Waals surface area contributed by atoms with Gasteiger partial charge in [0.2, 0.25) is 11.8 Å². The number of nitrogens with one attached hydrogen (secondary N) is 4. The average molecular weight is 453 g/mol. The number of carbonyl (C=O) groups is 4. The van der Waals surface area contributed by atoms with Gasteiger partial charge in [0.1, 0.15) is 18.0 Å². The third-order valence-electron chi connectivity index (χ3n) is 6.88. The summed E-state index contributed by atoms with van der Waals surface area (Å²) in [5.41, 5.74) is 1.25. The Morgan fingerprint density at radius 1 is 1.06 bits per heavy atom. The van der Waals surface area contributed by atoms with Crippen LogP contribution in [0.5, 0.6) is 0 Å². The Morgan fingerprint density at radius 2 is 1.85 bits per heavy atom. The lowest BCUT2D eigenvalue weighted by Crippen LogP contribution is -2.51. The number of carbonyl (C=O) groups excluding carboxylic acids is 4. The van der Waals surface area contributed by atoms with E-state index in [-0.39, 0.29) is 30.1 Å². The van der Waals surface area contributed by atoms with Crippen molar-refractivity contribution in [3.8, 4) is 0 Å². The Morgan fingerprint density at radius 3 is 2.55 bits per heavy atom. The van der Waals surface area contributed by atoms with E-state index in [1.54, 1.807) is 6.07 Å². The van der Waals surface area contributed by atoms with Crippen LogP contribution in [0, 0.1) is 11.8 Å². The van der Waals surface area contributed by atoms with Crippen molar-refractivity contribution < 1.29 is 19.2 Å². The molecule has 0 radical (unpaired) electrons. The predicted octanol–water partition coefficient (Wildman–Crippen LogP) is 2.45. The highest BCUT2D eigenvalue weighted by molar-refractivity contribution is 6.00. The second-order valence-corrected chi connectivity index (χ2v) is 9.30. The first-order chi connectivity index (χ1) is 16.0. The molecule has 3 amide bonds. The fourth-order valence-corrected chi connectivity index (χ4v) is 5.03. The van der Waals surface area contributed by atoms with Crippen molar-refractivity contribution >= 4 is 34.9 Å². The largest absolute Gasteiger partial charge is 0.356 e. The van der Waals surface area contributed by atoms with E-state index < -0.39 is 12.1 Å². The van der Waals surface area contributed by atoms with Crippen LogP contribution in [-0.2, 0) is 14.4 Å². The van der Waals surface area contributed by atoms with Crippen LogP contribution in [0.3, 0.4) is 0 Å². The van der Waals surface area contributed by atoms with Crippen LogP contribution < -0.4 is 16.0 Å². The monoisotopic (exact) mass is 452 g/mol. The van der Waals surface area contributed by atoms with Crippen LogP contribution in [0.25, 0.3) is 10.9 Å². The molecular weight excluding hydrogens is 420 g/mol. The summed E-state index contributed by atoms with van der Waals surface area (Å²) in [5.74, 6) is -0.728. The van der Waals surface area contributed by atoms with Gasteiger partial charge in [-0.2, -0.15) is 0 Å². The van der Waals surface area contributed by atoms with Gasteiger partial charge in [0.05, 0.1) is 6.04 Å². The normalized spacial score (nSPS) is 20.7. The van der Waals surface area contributed by atoms with Crippen LogP contribution >= 0.6 is 0 Å². The Hall–Kier alpha value is -3.16. The van der Waals surface area contributed by atoms with Crippen molar-refractivity contribution in [1.82, 2.24) is 20.9 Å². The molecule has 1 saturated carbocycles. The minimum absolute atomic E-state index is 0.0815. The molecule has 8 heteroatoms. The van der Waals surface area contributed by atoms with Gasteiger partial charge in [-0.05, 0) is 37.3 Å². The Balaban J connectivity index is 1.45. The summed E-state index contributed by atoms with van der Waals surface area (Å²) in [6.07, 6.45) is 7.66. The number of benzene rings is 1. The smallest absolute Gasteiger partial charge is 0.268 e. The molecule has 2 aromatic rings. The maximum Gasteiger partial charge on any atom is 0.268 e. The van der Waals surface area contributed by atoms with Gasteiger partial charge in [0, 0.05) is 23.4 Å². The SMILES string of the molecule is O=CC(C[C@@H]1CCNC1=O)NC(=O)[C@H](CC1CCCCC1)NC(=O)c1cc2ccccc2[nH]1. The fraction of sp³-hybridized carbons (Fsp3) is 0.520. The molecule has 1 aromatic heterocycles. The van der Waals surface area contributed by atoms with Crippen molar-refractivity contribution in [3.05, 3.63) is 36.0 Å². The van der Waals surface area contributed by atoms with Gasteiger partial charge < -0.3 is 25.7 Å². The van der Waals surface area contributed by atoms with Crippen molar-refractivity contribution in [2.75, 3.05) is 6.54 Å². The van der Waals surface area contributed by atoms with Crippen molar-refractivity contribution in [2.45, 2.75) is 63.5 Å². The molecular formula is C25H32N4O4. The standard InChI is InChI=1S/C25H32N4O4/c30-15-19(13-18-10-11-26-23(18)31)27-24(32)21(12-16-6-2-1-3-7-16)29-25(33)22-14-17-8-4-5-9-20(17)28-22/h4-5,8-9,14-16,18-19,21,28H,1-3,6-7,10-13H2,(H,26,31)(H,27,32)(H,29,33)/t18-,19?,21-/m0/s1. The first-order valence-electron chi connectivity index (χ1n) is 12.0. The third kappa shape index (κ3) is 5.80. The van der Waals surface area contributed by atoms with Gasteiger partial charge in [-0.1, -0.05) is 50.3 Å². The summed E-state index contributed by atoms with van der Waals surface area (Å²) in [6, 6.07) is 7.88. The number of fused-ring (bicyclic) bond motifs is 1. The number of hydrogen-bond acceptors (Lipinski definition) is 4. The van der Waals surface area contributed by atoms with Crippen LogP contribution in [0.1, 0.15) is 61.9 Å². The number of H-pyrrole nitrogens is 1. The van der Waals surface area contributed by atoms with Crippen molar-refractivity contribution in [3.63, 3.8) is 0 Å². The summed E-state index contributed by atoms with van der Waals surface area (Å²) in [4.78, 5) is 52.8. The number of para-hydroxylation sites is 1. The van der Waals surface area contributed by atoms with Crippen LogP contribution in [-0.4, -0.2) is 47.6 Å². The molecule has 1 saturated heterocycles. The summed E-state index contributed by atoms with van der Waals surface area (Å²) in [5, 5.41) is 9.35. The molecule has 3 atom stereocenters. The van der Waals surface area contributed by atoms with E-state index >= 15 is 0 Å². The topological polar surface area (TPSA) is 120 Å². The molecule has 2 fully saturated rings. The minimum atomic E-state index is -0.759. The van der Waals surface area contributed by atoms with Gasteiger partial charge >= 0.3 is 0 Å². The third-order valence-corrected chi connectivity index (χ3v) is 6.88. The molecule has 1 unspecified atom stereocenters. The quantitative estimate of drug-likeness (QED) is 0.437. The maximum atomic E-state index is 13.2. The van der Waals surface area contributed by atoms with E-state index in [0.717, 1.165) is 36.6 Å². The van der Waals surface area contributed by atoms with Gasteiger partial charge in [-0.3, -0.25) is 14.4 Å². The molecule has 2 aliphatic rings. The van der Waals surface area contributed by atoms with E-state index in [2.05, 4.69) is 20.9 Å². The van der Waals surface area contributed by atoms with Crippen LogP contribution in [0.4, 0.5) is 0 Å². The van der Waals surface area contributed by atoms with Crippen LogP contribution in [0.15, 0.2) is 30.3 Å².